The predicted molar refractivity (Wildman–Crippen MR) is 104 cm³/mol. The molecule has 3 aliphatic heterocycles. The molecule has 1 saturated heterocycles. The molecule has 140 valence electrons. The Kier molecular flexibility index (Phi) is 4.20. The van der Waals surface area contributed by atoms with E-state index >= 15 is 0 Å². The lowest BCUT2D eigenvalue weighted by Crippen LogP contribution is -2.49. The average molecular weight is 364 g/mol. The Balaban J connectivity index is 1.22. The Hall–Kier alpha value is -2.60. The molecule has 6 nitrogen and oxygen atoms in total. The number of nitrogens with one attached hydrogen (secondary N) is 1. The number of fused-ring (bicyclic) bond motifs is 3. The minimum atomic E-state index is 0.107. The zero-order valence-electron chi connectivity index (χ0n) is 15.3. The number of carbonyl (C=O) groups is 1. The van der Waals surface area contributed by atoms with Crippen LogP contribution < -0.4 is 15.0 Å². The highest BCUT2D eigenvalue weighted by molar-refractivity contribution is 6.03. The van der Waals surface area contributed by atoms with Gasteiger partial charge in [0.15, 0.2) is 0 Å². The second-order valence-corrected chi connectivity index (χ2v) is 7.57. The summed E-state index contributed by atoms with van der Waals surface area (Å²) in [5, 5.41) is 3.03. The van der Waals surface area contributed by atoms with Crippen molar-refractivity contribution in [3.63, 3.8) is 0 Å². The molecule has 4 heterocycles. The maximum absolute atomic E-state index is 12.1. The summed E-state index contributed by atoms with van der Waals surface area (Å²) in [6.45, 7) is 4.39. The number of ether oxygens (including phenoxy) is 1. The van der Waals surface area contributed by atoms with E-state index in [2.05, 4.69) is 32.2 Å². The second kappa shape index (κ2) is 6.85. The second-order valence-electron chi connectivity index (χ2n) is 7.57. The Labute approximate surface area is 159 Å². The predicted octanol–water partition coefficient (Wildman–Crippen LogP) is 2.48. The molecule has 2 unspecified atom stereocenters. The molecule has 3 aliphatic rings. The van der Waals surface area contributed by atoms with E-state index < -0.39 is 0 Å². The highest BCUT2D eigenvalue weighted by atomic mass is 16.5. The monoisotopic (exact) mass is 364 g/mol. The number of carbonyl (C=O) groups excluding carboxylic acids is 1. The number of pyridine rings is 1. The summed E-state index contributed by atoms with van der Waals surface area (Å²) in [7, 11) is 0. The first-order valence-electron chi connectivity index (χ1n) is 9.74. The molecule has 1 fully saturated rings. The van der Waals surface area contributed by atoms with Gasteiger partial charge in [0, 0.05) is 44.0 Å². The van der Waals surface area contributed by atoms with Crippen molar-refractivity contribution in [2.45, 2.75) is 24.8 Å². The molecule has 5 rings (SSSR count). The fraction of sp³-hybridized carbons (Fsp3) is 0.429. The Morgan fingerprint density at radius 2 is 2.11 bits per heavy atom. The van der Waals surface area contributed by atoms with Gasteiger partial charge in [0.05, 0.1) is 24.5 Å². The third-order valence-electron chi connectivity index (χ3n) is 5.94. The van der Waals surface area contributed by atoms with Crippen molar-refractivity contribution in [2.75, 3.05) is 43.0 Å². The number of anilines is 2. The molecule has 0 radical (unpaired) electrons. The van der Waals surface area contributed by atoms with Crippen LogP contribution in [0.1, 0.15) is 24.3 Å². The molecule has 1 amide bonds. The lowest BCUT2D eigenvalue weighted by atomic mass is 9.89. The van der Waals surface area contributed by atoms with Crippen LogP contribution in [0.3, 0.4) is 0 Å². The quantitative estimate of drug-likeness (QED) is 0.826. The van der Waals surface area contributed by atoms with Crippen LogP contribution in [0.25, 0.3) is 0 Å². The summed E-state index contributed by atoms with van der Waals surface area (Å²) in [5.41, 5.74) is 3.64. The van der Waals surface area contributed by atoms with Crippen LogP contribution in [0.4, 0.5) is 11.4 Å². The number of nitrogens with zero attached hydrogens (tertiary/aromatic N) is 3. The third-order valence-corrected chi connectivity index (χ3v) is 5.94. The van der Waals surface area contributed by atoms with Gasteiger partial charge < -0.3 is 19.9 Å². The van der Waals surface area contributed by atoms with E-state index in [-0.39, 0.29) is 5.91 Å². The molecule has 6 heteroatoms. The van der Waals surface area contributed by atoms with Crippen LogP contribution in [0.2, 0.25) is 0 Å². The van der Waals surface area contributed by atoms with E-state index in [9.17, 15) is 4.79 Å². The van der Waals surface area contributed by atoms with Gasteiger partial charge in [-0.05, 0) is 36.6 Å². The third kappa shape index (κ3) is 3.04. The first kappa shape index (κ1) is 16.6. The van der Waals surface area contributed by atoms with Gasteiger partial charge in [-0.15, -0.1) is 0 Å². The van der Waals surface area contributed by atoms with Gasteiger partial charge in [0.1, 0.15) is 5.75 Å². The zero-order valence-corrected chi connectivity index (χ0v) is 15.3. The highest BCUT2D eigenvalue weighted by Gasteiger charge is 2.44. The van der Waals surface area contributed by atoms with Gasteiger partial charge in [0.25, 0.3) is 0 Å². The molecule has 1 N–H and O–H groups in total. The number of amides is 1. The van der Waals surface area contributed by atoms with Crippen LogP contribution in [0, 0.1) is 0 Å². The van der Waals surface area contributed by atoms with E-state index in [0.717, 1.165) is 50.5 Å². The van der Waals surface area contributed by atoms with Crippen molar-refractivity contribution < 1.29 is 9.53 Å². The fourth-order valence-corrected chi connectivity index (χ4v) is 4.79. The molecule has 0 spiro atoms. The Morgan fingerprint density at radius 3 is 3.00 bits per heavy atom. The Bertz CT molecular complexity index is 841. The minimum Gasteiger partial charge on any atom is -0.493 e. The molecule has 1 aromatic heterocycles. The number of likely N-dealkylation sites (tertiary alicyclic amines) is 1. The molecule has 0 saturated carbocycles. The lowest BCUT2D eigenvalue weighted by molar-refractivity contribution is -0.115. The van der Waals surface area contributed by atoms with Crippen LogP contribution in [-0.2, 0) is 4.79 Å². The molecular formula is C21H24N4O2. The molecular weight excluding hydrogens is 340 g/mol. The van der Waals surface area contributed by atoms with E-state index in [4.69, 9.17) is 4.74 Å². The SMILES string of the molecule is O=C1CN2c3c(cccc3C3CN(CCCOc4ccncc4)CCC32)N1. The molecule has 1 aromatic carbocycles. The van der Waals surface area contributed by atoms with Crippen LogP contribution in [-0.4, -0.2) is 54.6 Å². The van der Waals surface area contributed by atoms with Crippen molar-refractivity contribution in [2.24, 2.45) is 0 Å². The highest BCUT2D eigenvalue weighted by Crippen LogP contribution is 2.49. The lowest BCUT2D eigenvalue weighted by Gasteiger charge is -2.39. The molecule has 2 aromatic rings. The summed E-state index contributed by atoms with van der Waals surface area (Å²) >= 11 is 0. The number of rotatable bonds is 5. The van der Waals surface area contributed by atoms with E-state index in [1.807, 2.05) is 18.2 Å². The smallest absolute Gasteiger partial charge is 0.243 e. The summed E-state index contributed by atoms with van der Waals surface area (Å²) in [6, 6.07) is 10.6. The average Bonchev–Trinajstić information content (AvgIpc) is 3.01. The van der Waals surface area contributed by atoms with Crippen molar-refractivity contribution >= 4 is 17.3 Å². The number of para-hydroxylation sites is 1. The van der Waals surface area contributed by atoms with Crippen LogP contribution >= 0.6 is 0 Å². The van der Waals surface area contributed by atoms with Gasteiger partial charge in [-0.25, -0.2) is 0 Å². The topological polar surface area (TPSA) is 57.7 Å². The van der Waals surface area contributed by atoms with Crippen molar-refractivity contribution in [3.05, 3.63) is 48.3 Å². The van der Waals surface area contributed by atoms with Gasteiger partial charge in [0.2, 0.25) is 5.91 Å². The molecule has 27 heavy (non-hydrogen) atoms. The van der Waals surface area contributed by atoms with Gasteiger partial charge in [-0.3, -0.25) is 9.78 Å². The summed E-state index contributed by atoms with van der Waals surface area (Å²) in [5.74, 6) is 1.48. The number of piperidine rings is 1. The summed E-state index contributed by atoms with van der Waals surface area (Å²) in [4.78, 5) is 21.0. The van der Waals surface area contributed by atoms with E-state index in [1.54, 1.807) is 12.4 Å². The van der Waals surface area contributed by atoms with Crippen molar-refractivity contribution in [1.82, 2.24) is 9.88 Å². The molecule has 0 bridgehead atoms. The maximum Gasteiger partial charge on any atom is 0.243 e. The fourth-order valence-electron chi connectivity index (χ4n) is 4.79. The largest absolute Gasteiger partial charge is 0.493 e. The first-order chi connectivity index (χ1) is 13.3. The zero-order chi connectivity index (χ0) is 18.2. The molecule has 0 aliphatic carbocycles. The minimum absolute atomic E-state index is 0.107. The van der Waals surface area contributed by atoms with Crippen molar-refractivity contribution in [1.29, 1.82) is 0 Å². The van der Waals surface area contributed by atoms with Crippen molar-refractivity contribution in [3.8, 4) is 5.75 Å². The maximum atomic E-state index is 12.1. The number of hydrogen-bond acceptors (Lipinski definition) is 5. The Morgan fingerprint density at radius 1 is 1.22 bits per heavy atom. The standard InChI is InChI=1S/C21H24N4O2/c26-20-14-25-19-7-11-24(10-2-12-27-15-5-8-22-9-6-15)13-17(19)16-3-1-4-18(23-20)21(16)25/h1,3-6,8-9,17,19H,2,7,10-14H2,(H,23,26). The van der Waals surface area contributed by atoms with Gasteiger partial charge in [-0.2, -0.15) is 0 Å². The van der Waals surface area contributed by atoms with E-state index in [0.29, 0.717) is 18.5 Å². The van der Waals surface area contributed by atoms with Crippen LogP contribution in [0.5, 0.6) is 5.75 Å². The molecule has 2 atom stereocenters. The number of benzene rings is 1. The van der Waals surface area contributed by atoms with Gasteiger partial charge in [-0.1, -0.05) is 12.1 Å². The summed E-state index contributed by atoms with van der Waals surface area (Å²) in [6.07, 6.45) is 5.63. The number of hydrogen-bond donors (Lipinski definition) is 1. The van der Waals surface area contributed by atoms with E-state index in [1.165, 1.54) is 11.3 Å². The van der Waals surface area contributed by atoms with Gasteiger partial charge >= 0.3 is 0 Å². The van der Waals surface area contributed by atoms with Crippen LogP contribution in [0.15, 0.2) is 42.7 Å². The normalized spacial score (nSPS) is 23.6. The first-order valence-corrected chi connectivity index (χ1v) is 9.74. The summed E-state index contributed by atoms with van der Waals surface area (Å²) < 4.78 is 5.79. The number of aromatic nitrogens is 1.